The van der Waals surface area contributed by atoms with Gasteiger partial charge in [0.2, 0.25) is 5.91 Å². The molecule has 5 nitrogen and oxygen atoms in total. The summed E-state index contributed by atoms with van der Waals surface area (Å²) in [6.45, 7) is 4.36. The smallest absolute Gasteiger partial charge is 0.240 e. The van der Waals surface area contributed by atoms with Gasteiger partial charge in [-0.2, -0.15) is 0 Å². The minimum atomic E-state index is 0. The van der Waals surface area contributed by atoms with Crippen molar-refractivity contribution >= 4 is 34.8 Å². The third kappa shape index (κ3) is 5.06. The van der Waals surface area contributed by atoms with Crippen LogP contribution >= 0.6 is 23.7 Å². The highest BCUT2D eigenvalue weighted by atomic mass is 35.5. The molecule has 7 heteroatoms. The molecule has 19 heavy (non-hydrogen) atoms. The average Bonchev–Trinajstić information content (AvgIpc) is 2.75. The molecule has 1 aromatic rings. The molecule has 1 aliphatic heterocycles. The van der Waals surface area contributed by atoms with E-state index in [4.69, 9.17) is 0 Å². The van der Waals surface area contributed by atoms with Crippen LogP contribution in [0.2, 0.25) is 0 Å². The molecule has 2 N–H and O–H groups in total. The number of piperidine rings is 1. The van der Waals surface area contributed by atoms with Gasteiger partial charge < -0.3 is 10.6 Å². The van der Waals surface area contributed by atoms with E-state index in [2.05, 4.69) is 20.5 Å². The summed E-state index contributed by atoms with van der Waals surface area (Å²) in [7, 11) is 2.00. The first-order valence-corrected chi connectivity index (χ1v) is 7.17. The van der Waals surface area contributed by atoms with Crippen LogP contribution in [0.5, 0.6) is 0 Å². The van der Waals surface area contributed by atoms with Gasteiger partial charge in [0, 0.05) is 24.5 Å². The van der Waals surface area contributed by atoms with Crippen LogP contribution in [-0.2, 0) is 4.79 Å². The third-order valence-electron chi connectivity index (χ3n) is 3.23. The Morgan fingerprint density at radius 3 is 2.74 bits per heavy atom. The molecule has 2 rings (SSSR count). The standard InChI is InChI=1S/C12H20N4OS.ClH/c1-9-8-18-12(14-9)15-11(17)7-16-5-3-10(13-2)4-6-16;/h8,10,13H,3-7H2,1-2H3,(H,14,15,17);1H. The molecule has 1 fully saturated rings. The second-order valence-corrected chi connectivity index (χ2v) is 5.54. The van der Waals surface area contributed by atoms with E-state index in [1.54, 1.807) is 0 Å². The number of hydrogen-bond acceptors (Lipinski definition) is 5. The quantitative estimate of drug-likeness (QED) is 0.885. The topological polar surface area (TPSA) is 57.3 Å². The fourth-order valence-corrected chi connectivity index (χ4v) is 2.86. The van der Waals surface area contributed by atoms with Gasteiger partial charge in [-0.3, -0.25) is 9.69 Å². The molecular weight excluding hydrogens is 284 g/mol. The zero-order chi connectivity index (χ0) is 13.0. The predicted molar refractivity (Wildman–Crippen MR) is 81.3 cm³/mol. The van der Waals surface area contributed by atoms with Crippen LogP contribution in [0.25, 0.3) is 0 Å². The Labute approximate surface area is 124 Å². The fraction of sp³-hybridized carbons (Fsp3) is 0.667. The van der Waals surface area contributed by atoms with Gasteiger partial charge in [0.25, 0.3) is 0 Å². The number of halogens is 1. The molecular formula is C12H21ClN4OS. The molecule has 1 amide bonds. The predicted octanol–water partition coefficient (Wildman–Crippen LogP) is 1.50. The van der Waals surface area contributed by atoms with Crippen molar-refractivity contribution in [2.24, 2.45) is 0 Å². The maximum absolute atomic E-state index is 11.8. The molecule has 0 atom stereocenters. The largest absolute Gasteiger partial charge is 0.317 e. The van der Waals surface area contributed by atoms with Crippen LogP contribution in [0, 0.1) is 6.92 Å². The van der Waals surface area contributed by atoms with Crippen molar-refractivity contribution in [3.8, 4) is 0 Å². The lowest BCUT2D eigenvalue weighted by molar-refractivity contribution is -0.117. The van der Waals surface area contributed by atoms with E-state index in [0.717, 1.165) is 31.6 Å². The van der Waals surface area contributed by atoms with Crippen molar-refractivity contribution in [3.05, 3.63) is 11.1 Å². The minimum Gasteiger partial charge on any atom is -0.317 e. The molecule has 1 aliphatic rings. The molecule has 0 spiro atoms. The second kappa shape index (κ2) is 7.79. The Bertz CT molecular complexity index is 404. The Kier molecular flexibility index (Phi) is 6.71. The Morgan fingerprint density at radius 2 is 2.21 bits per heavy atom. The third-order valence-corrected chi connectivity index (χ3v) is 4.10. The first kappa shape index (κ1) is 16.4. The number of likely N-dealkylation sites (tertiary alicyclic amines) is 1. The number of carbonyl (C=O) groups is 1. The van der Waals surface area contributed by atoms with Gasteiger partial charge in [-0.1, -0.05) is 0 Å². The molecule has 1 saturated heterocycles. The Morgan fingerprint density at radius 1 is 1.53 bits per heavy atom. The normalized spacial score (nSPS) is 16.9. The molecule has 0 bridgehead atoms. The molecule has 108 valence electrons. The molecule has 0 saturated carbocycles. The number of carbonyl (C=O) groups excluding carboxylic acids is 1. The number of nitrogens with one attached hydrogen (secondary N) is 2. The van der Waals surface area contributed by atoms with Gasteiger partial charge in [0.1, 0.15) is 0 Å². The summed E-state index contributed by atoms with van der Waals surface area (Å²) >= 11 is 1.47. The molecule has 0 radical (unpaired) electrons. The summed E-state index contributed by atoms with van der Waals surface area (Å²) in [6, 6.07) is 0.603. The highest BCUT2D eigenvalue weighted by Crippen LogP contribution is 2.15. The maximum Gasteiger partial charge on any atom is 0.240 e. The number of nitrogens with zero attached hydrogens (tertiary/aromatic N) is 2. The average molecular weight is 305 g/mol. The number of thiazole rings is 1. The Hall–Kier alpha value is -0.690. The Balaban J connectivity index is 0.00000180. The monoisotopic (exact) mass is 304 g/mol. The van der Waals surface area contributed by atoms with Crippen molar-refractivity contribution in [2.45, 2.75) is 25.8 Å². The zero-order valence-electron chi connectivity index (χ0n) is 11.3. The van der Waals surface area contributed by atoms with Crippen LogP contribution < -0.4 is 10.6 Å². The van der Waals surface area contributed by atoms with Crippen molar-refractivity contribution < 1.29 is 4.79 Å². The van der Waals surface area contributed by atoms with Crippen LogP contribution in [0.3, 0.4) is 0 Å². The highest BCUT2D eigenvalue weighted by Gasteiger charge is 2.19. The van der Waals surface area contributed by atoms with Gasteiger partial charge in [0.15, 0.2) is 5.13 Å². The van der Waals surface area contributed by atoms with Crippen LogP contribution in [-0.4, -0.2) is 48.5 Å². The summed E-state index contributed by atoms with van der Waals surface area (Å²) in [4.78, 5) is 18.3. The van der Waals surface area contributed by atoms with Crippen molar-refractivity contribution in [2.75, 3.05) is 32.0 Å². The molecule has 0 unspecified atom stereocenters. The summed E-state index contributed by atoms with van der Waals surface area (Å²) in [5, 5.41) is 8.77. The van der Waals surface area contributed by atoms with Crippen LogP contribution in [0.15, 0.2) is 5.38 Å². The summed E-state index contributed by atoms with van der Waals surface area (Å²) in [5.41, 5.74) is 0.949. The zero-order valence-corrected chi connectivity index (χ0v) is 12.9. The molecule has 0 aliphatic carbocycles. The van der Waals surface area contributed by atoms with E-state index in [-0.39, 0.29) is 18.3 Å². The number of aromatic nitrogens is 1. The lowest BCUT2D eigenvalue weighted by Gasteiger charge is -2.31. The van der Waals surface area contributed by atoms with Gasteiger partial charge >= 0.3 is 0 Å². The summed E-state index contributed by atoms with van der Waals surface area (Å²) in [5.74, 6) is 0.0345. The molecule has 0 aromatic carbocycles. The lowest BCUT2D eigenvalue weighted by Crippen LogP contribution is -2.44. The van der Waals surface area contributed by atoms with E-state index in [1.165, 1.54) is 11.3 Å². The first-order valence-electron chi connectivity index (χ1n) is 6.29. The van der Waals surface area contributed by atoms with Gasteiger partial charge in [-0.05, 0) is 26.8 Å². The van der Waals surface area contributed by atoms with E-state index in [1.807, 2.05) is 19.4 Å². The number of amides is 1. The van der Waals surface area contributed by atoms with E-state index in [9.17, 15) is 4.79 Å². The summed E-state index contributed by atoms with van der Waals surface area (Å²) in [6.07, 6.45) is 2.22. The summed E-state index contributed by atoms with van der Waals surface area (Å²) < 4.78 is 0. The second-order valence-electron chi connectivity index (χ2n) is 4.68. The van der Waals surface area contributed by atoms with Gasteiger partial charge in [0.05, 0.1) is 12.2 Å². The van der Waals surface area contributed by atoms with E-state index in [0.29, 0.717) is 17.7 Å². The maximum atomic E-state index is 11.8. The molecule has 2 heterocycles. The number of hydrogen-bond donors (Lipinski definition) is 2. The number of anilines is 1. The van der Waals surface area contributed by atoms with Gasteiger partial charge in [-0.25, -0.2) is 4.98 Å². The van der Waals surface area contributed by atoms with Crippen molar-refractivity contribution in [1.82, 2.24) is 15.2 Å². The molecule has 1 aromatic heterocycles. The number of aryl methyl sites for hydroxylation is 1. The van der Waals surface area contributed by atoms with E-state index >= 15 is 0 Å². The van der Waals surface area contributed by atoms with Crippen molar-refractivity contribution in [1.29, 1.82) is 0 Å². The van der Waals surface area contributed by atoms with E-state index < -0.39 is 0 Å². The first-order chi connectivity index (χ1) is 8.67. The van der Waals surface area contributed by atoms with Gasteiger partial charge in [-0.15, -0.1) is 23.7 Å². The number of rotatable bonds is 4. The van der Waals surface area contributed by atoms with Crippen LogP contribution in [0.4, 0.5) is 5.13 Å². The SMILES string of the molecule is CNC1CCN(CC(=O)Nc2nc(C)cs2)CC1.Cl. The van der Waals surface area contributed by atoms with Crippen molar-refractivity contribution in [3.63, 3.8) is 0 Å². The lowest BCUT2D eigenvalue weighted by atomic mass is 10.1. The minimum absolute atomic E-state index is 0. The van der Waals surface area contributed by atoms with Crippen LogP contribution in [0.1, 0.15) is 18.5 Å². The fourth-order valence-electron chi connectivity index (χ4n) is 2.15. The highest BCUT2D eigenvalue weighted by molar-refractivity contribution is 7.13.